The molecular formula is C22H21IN2O5S. The van der Waals surface area contributed by atoms with Gasteiger partial charge in [0.1, 0.15) is 11.5 Å². The smallest absolute Gasteiger partial charge is 0.343 e. The molecule has 1 heterocycles. The number of esters is 1. The molecule has 1 fully saturated rings. The van der Waals surface area contributed by atoms with E-state index >= 15 is 0 Å². The Labute approximate surface area is 198 Å². The van der Waals surface area contributed by atoms with E-state index in [-0.39, 0.29) is 12.5 Å². The highest BCUT2D eigenvalue weighted by Crippen LogP contribution is 2.35. The molecule has 0 aromatic heterocycles. The summed E-state index contributed by atoms with van der Waals surface area (Å²) in [4.78, 5) is 31.0. The summed E-state index contributed by atoms with van der Waals surface area (Å²) in [6.07, 6.45) is 1.83. The lowest BCUT2D eigenvalue weighted by atomic mass is 10.2. The summed E-state index contributed by atoms with van der Waals surface area (Å²) in [6.45, 7) is 2.29. The lowest BCUT2D eigenvalue weighted by Crippen LogP contribution is -2.28. The third kappa shape index (κ3) is 5.79. The van der Waals surface area contributed by atoms with Gasteiger partial charge in [-0.3, -0.25) is 9.69 Å². The van der Waals surface area contributed by atoms with E-state index in [0.717, 1.165) is 20.6 Å². The van der Waals surface area contributed by atoms with Crippen molar-refractivity contribution in [2.24, 2.45) is 4.99 Å². The maximum atomic E-state index is 12.9. The minimum Gasteiger partial charge on any atom is -0.497 e. The van der Waals surface area contributed by atoms with E-state index in [1.807, 2.05) is 49.4 Å². The van der Waals surface area contributed by atoms with Crippen LogP contribution in [0.5, 0.6) is 11.5 Å². The van der Waals surface area contributed by atoms with E-state index in [0.29, 0.717) is 22.4 Å². The molecule has 1 saturated heterocycles. The van der Waals surface area contributed by atoms with Crippen LogP contribution >= 0.6 is 34.4 Å². The van der Waals surface area contributed by atoms with Crippen LogP contribution in [0.15, 0.2) is 52.4 Å². The van der Waals surface area contributed by atoms with Gasteiger partial charge in [0.15, 0.2) is 11.8 Å². The first-order valence-electron chi connectivity index (χ1n) is 9.38. The number of rotatable bonds is 7. The van der Waals surface area contributed by atoms with Gasteiger partial charge >= 0.3 is 5.97 Å². The lowest BCUT2D eigenvalue weighted by Gasteiger charge is -2.12. The van der Waals surface area contributed by atoms with Crippen molar-refractivity contribution >= 4 is 63.2 Å². The van der Waals surface area contributed by atoms with Gasteiger partial charge in [0, 0.05) is 6.54 Å². The van der Waals surface area contributed by atoms with Crippen LogP contribution in [0, 0.1) is 3.57 Å². The van der Waals surface area contributed by atoms with Crippen molar-refractivity contribution in [1.29, 1.82) is 0 Å². The van der Waals surface area contributed by atoms with E-state index in [1.54, 1.807) is 18.1 Å². The summed E-state index contributed by atoms with van der Waals surface area (Å²) in [5.74, 6) is 0.801. The molecule has 0 radical (unpaired) electrons. The number of hydrogen-bond acceptors (Lipinski definition) is 7. The number of likely N-dealkylation sites (N-methyl/N-ethyl adjacent to an activating group) is 1. The second-order valence-electron chi connectivity index (χ2n) is 6.31. The predicted octanol–water partition coefficient (Wildman–Crippen LogP) is 4.48. The molecule has 2 aromatic rings. The van der Waals surface area contributed by atoms with Crippen molar-refractivity contribution < 1.29 is 23.8 Å². The van der Waals surface area contributed by atoms with Gasteiger partial charge < -0.3 is 14.2 Å². The average molecular weight is 552 g/mol. The van der Waals surface area contributed by atoms with Crippen molar-refractivity contribution in [2.45, 2.75) is 6.92 Å². The van der Waals surface area contributed by atoms with Gasteiger partial charge in [-0.15, -0.1) is 0 Å². The van der Waals surface area contributed by atoms with Crippen LogP contribution in [0.2, 0.25) is 0 Å². The van der Waals surface area contributed by atoms with E-state index in [1.165, 1.54) is 18.9 Å². The zero-order valence-electron chi connectivity index (χ0n) is 17.3. The largest absolute Gasteiger partial charge is 0.497 e. The molecule has 31 heavy (non-hydrogen) atoms. The molecule has 0 N–H and O–H groups in total. The summed E-state index contributed by atoms with van der Waals surface area (Å²) in [5, 5.41) is 0.636. The maximum Gasteiger partial charge on any atom is 0.343 e. The molecule has 0 bridgehead atoms. The quantitative estimate of drug-likeness (QED) is 0.287. The van der Waals surface area contributed by atoms with Crippen LogP contribution in [0.25, 0.3) is 6.08 Å². The number of aliphatic imine (C=N–C) groups is 1. The van der Waals surface area contributed by atoms with E-state index in [9.17, 15) is 9.59 Å². The van der Waals surface area contributed by atoms with Crippen molar-refractivity contribution in [2.75, 3.05) is 27.4 Å². The Morgan fingerprint density at radius 1 is 1.19 bits per heavy atom. The number of halogens is 1. The summed E-state index contributed by atoms with van der Waals surface area (Å²) < 4.78 is 16.0. The highest BCUT2D eigenvalue weighted by Gasteiger charge is 2.32. The molecule has 2 aromatic carbocycles. The molecule has 1 aliphatic rings. The van der Waals surface area contributed by atoms with Gasteiger partial charge in [-0.1, -0.05) is 6.07 Å². The second kappa shape index (κ2) is 10.7. The number of ether oxygens (including phenoxy) is 3. The standard InChI is InChI=1S/C22H21IN2O5S/c1-4-25-21(27)19(31-22(25)24-15-6-8-16(28-2)9-7-15)12-14-5-10-18(17(23)11-14)30-13-20(26)29-3/h5-12H,4,13H2,1-3H3/b19-12+,24-22?. The SMILES string of the molecule is CCN1C(=O)/C(=C\c2ccc(OCC(=O)OC)c(I)c2)SC1=Nc1ccc(OC)cc1. The topological polar surface area (TPSA) is 77.4 Å². The fourth-order valence-electron chi connectivity index (χ4n) is 2.71. The van der Waals surface area contributed by atoms with Gasteiger partial charge in [0.25, 0.3) is 5.91 Å². The van der Waals surface area contributed by atoms with E-state index < -0.39 is 5.97 Å². The second-order valence-corrected chi connectivity index (χ2v) is 8.48. The summed E-state index contributed by atoms with van der Waals surface area (Å²) in [5.41, 5.74) is 1.60. The molecule has 0 aliphatic carbocycles. The molecule has 0 spiro atoms. The Balaban J connectivity index is 1.80. The zero-order valence-corrected chi connectivity index (χ0v) is 20.2. The van der Waals surface area contributed by atoms with Crippen LogP contribution in [0.1, 0.15) is 12.5 Å². The summed E-state index contributed by atoms with van der Waals surface area (Å²) >= 11 is 3.47. The highest BCUT2D eigenvalue weighted by atomic mass is 127. The molecular weight excluding hydrogens is 531 g/mol. The maximum absolute atomic E-state index is 12.9. The third-order valence-corrected chi connectivity index (χ3v) is 6.18. The minimum atomic E-state index is -0.446. The number of thioether (sulfide) groups is 1. The monoisotopic (exact) mass is 552 g/mol. The number of carbonyl (C=O) groups excluding carboxylic acids is 2. The van der Waals surface area contributed by atoms with Crippen LogP contribution in [-0.2, 0) is 14.3 Å². The number of benzene rings is 2. The molecule has 7 nitrogen and oxygen atoms in total. The van der Waals surface area contributed by atoms with Crippen LogP contribution in [0.3, 0.4) is 0 Å². The fourth-order valence-corrected chi connectivity index (χ4v) is 4.47. The van der Waals surface area contributed by atoms with Gasteiger partial charge in [-0.05, 0) is 89.3 Å². The lowest BCUT2D eigenvalue weighted by molar-refractivity contribution is -0.142. The van der Waals surface area contributed by atoms with Crippen LogP contribution < -0.4 is 9.47 Å². The molecule has 0 atom stereocenters. The van der Waals surface area contributed by atoms with Crippen LogP contribution in [0.4, 0.5) is 5.69 Å². The molecule has 1 amide bonds. The first kappa shape index (κ1) is 23.1. The number of nitrogens with zero attached hydrogens (tertiary/aromatic N) is 2. The van der Waals surface area contributed by atoms with Crippen molar-refractivity contribution in [1.82, 2.24) is 4.90 Å². The first-order valence-corrected chi connectivity index (χ1v) is 11.3. The van der Waals surface area contributed by atoms with E-state index in [4.69, 9.17) is 9.47 Å². The van der Waals surface area contributed by atoms with E-state index in [2.05, 4.69) is 32.3 Å². The molecule has 3 rings (SSSR count). The minimum absolute atomic E-state index is 0.0826. The number of methoxy groups -OCH3 is 2. The van der Waals surface area contributed by atoms with Gasteiger partial charge in [0.2, 0.25) is 0 Å². The molecule has 1 aliphatic heterocycles. The van der Waals surface area contributed by atoms with Gasteiger partial charge in [0.05, 0.1) is 28.4 Å². The normalized spacial score (nSPS) is 16.1. The molecule has 0 unspecified atom stereocenters. The summed E-state index contributed by atoms with van der Waals surface area (Å²) in [6, 6.07) is 12.9. The number of carbonyl (C=O) groups is 2. The Hall–Kier alpha value is -2.53. The Kier molecular flexibility index (Phi) is 7.97. The Bertz CT molecular complexity index is 1040. The fraction of sp³-hybridized carbons (Fsp3) is 0.227. The number of amidine groups is 1. The third-order valence-electron chi connectivity index (χ3n) is 4.33. The van der Waals surface area contributed by atoms with Gasteiger partial charge in [-0.2, -0.15) is 0 Å². The average Bonchev–Trinajstić information content (AvgIpc) is 3.07. The van der Waals surface area contributed by atoms with Crippen molar-refractivity contribution in [3.05, 3.63) is 56.5 Å². The highest BCUT2D eigenvalue weighted by molar-refractivity contribution is 14.1. The molecule has 9 heteroatoms. The number of amides is 1. The first-order chi connectivity index (χ1) is 14.9. The molecule has 0 saturated carbocycles. The Morgan fingerprint density at radius 2 is 1.94 bits per heavy atom. The van der Waals surface area contributed by atoms with Crippen LogP contribution in [-0.4, -0.2) is 49.3 Å². The zero-order chi connectivity index (χ0) is 22.4. The van der Waals surface area contributed by atoms with Gasteiger partial charge in [-0.25, -0.2) is 9.79 Å². The molecule has 162 valence electrons. The summed E-state index contributed by atoms with van der Waals surface area (Å²) in [7, 11) is 2.93. The van der Waals surface area contributed by atoms with Crippen molar-refractivity contribution in [3.8, 4) is 11.5 Å². The predicted molar refractivity (Wildman–Crippen MR) is 130 cm³/mol. The van der Waals surface area contributed by atoms with Crippen molar-refractivity contribution in [3.63, 3.8) is 0 Å². The number of hydrogen-bond donors (Lipinski definition) is 0. The Morgan fingerprint density at radius 3 is 2.55 bits per heavy atom.